The zero-order valence-electron chi connectivity index (χ0n) is 27.6. The molecule has 0 aromatic carbocycles. The van der Waals surface area contributed by atoms with Gasteiger partial charge < -0.3 is 45.5 Å². The predicted molar refractivity (Wildman–Crippen MR) is 216 cm³/mol. The smallest absolute Gasteiger partial charge is 0.312 e. The van der Waals surface area contributed by atoms with E-state index in [9.17, 15) is 24.0 Å². The topological polar surface area (TPSA) is 263 Å². The summed E-state index contributed by atoms with van der Waals surface area (Å²) in [6, 6.07) is 0. The van der Waals surface area contributed by atoms with E-state index in [0.29, 0.717) is 40.0 Å². The molecule has 0 aliphatic carbocycles. The van der Waals surface area contributed by atoms with Crippen LogP contribution in [0.1, 0.15) is 57.5 Å². The van der Waals surface area contributed by atoms with Crippen LogP contribution in [0.3, 0.4) is 0 Å². The second kappa shape index (κ2) is 25.4. The number of hydrogen-bond acceptors (Lipinski definition) is 15. The van der Waals surface area contributed by atoms with Crippen molar-refractivity contribution in [2.75, 3.05) is 0 Å². The van der Waals surface area contributed by atoms with Crippen LogP contribution in [0.25, 0.3) is 0 Å². The van der Waals surface area contributed by atoms with Crippen molar-refractivity contribution in [3.63, 3.8) is 0 Å². The fraction of sp³-hybridized carbons (Fsp3) is 0.310. The molecule has 0 amide bonds. The Hall–Kier alpha value is -3.62. The Balaban J connectivity index is 0.000000331. The van der Waals surface area contributed by atoms with Crippen molar-refractivity contribution >= 4 is 135 Å². The molecule has 0 aliphatic rings. The molecule has 15 nitrogen and oxygen atoms in total. The highest BCUT2D eigenvalue weighted by Gasteiger charge is 2.14. The molecule has 1 atom stereocenters. The summed E-state index contributed by atoms with van der Waals surface area (Å²) in [6.07, 6.45) is 4.92. The third-order valence-corrected chi connectivity index (χ3v) is 11.1. The molecule has 0 bridgehead atoms. The Morgan fingerprint density at radius 1 is 0.679 bits per heavy atom. The highest BCUT2D eigenvalue weighted by molar-refractivity contribution is 7.74. The molecule has 1 unspecified atom stereocenters. The second-order valence-corrected chi connectivity index (χ2v) is 17.7. The maximum Gasteiger partial charge on any atom is 0.312 e. The lowest BCUT2D eigenvalue weighted by Crippen LogP contribution is -2.07. The number of aryl methyl sites for hydroxylation is 3. The lowest BCUT2D eigenvalue weighted by atomic mass is 10.1. The van der Waals surface area contributed by atoms with E-state index in [0.717, 1.165) is 20.5 Å². The molecule has 0 saturated heterocycles. The number of nitrogens with one attached hydrogen (secondary N) is 4. The minimum atomic E-state index is -0.843. The molecule has 24 heteroatoms. The number of H-pyrrole nitrogens is 4. The summed E-state index contributed by atoms with van der Waals surface area (Å²) >= 11 is 26.1. The first-order valence-electron chi connectivity index (χ1n) is 14.5. The van der Waals surface area contributed by atoms with Gasteiger partial charge in [-0.05, 0) is 75.6 Å². The molecule has 0 fully saturated rings. The largest absolute Gasteiger partial charge is 0.481 e. The number of thiazole rings is 5. The highest BCUT2D eigenvalue weighted by atomic mass is 32.2. The van der Waals surface area contributed by atoms with E-state index in [1.807, 2.05) is 12.3 Å². The first-order chi connectivity index (χ1) is 24.8. The Bertz CT molecular complexity index is 2090. The second-order valence-electron chi connectivity index (χ2n) is 9.93. The monoisotopic (exact) mass is 899 g/mol. The quantitative estimate of drug-likeness (QED) is 0.0535. The van der Waals surface area contributed by atoms with Crippen LogP contribution in [0.2, 0.25) is 0 Å². The number of aliphatic carboxylic acids is 5. The normalized spacial score (nSPS) is 10.4. The van der Waals surface area contributed by atoms with Crippen molar-refractivity contribution in [1.29, 1.82) is 0 Å². The number of rotatable bonds is 12. The molecular weight excluding hydrogens is 867 g/mol. The minimum Gasteiger partial charge on any atom is -0.481 e. The fourth-order valence-corrected chi connectivity index (χ4v) is 7.71. The van der Waals surface area contributed by atoms with Crippen molar-refractivity contribution in [3.05, 3.63) is 76.2 Å². The minimum absolute atomic E-state index is 0.0210. The van der Waals surface area contributed by atoms with Crippen molar-refractivity contribution in [2.24, 2.45) is 0 Å². The number of aromatic amines is 4. The maximum absolute atomic E-state index is 10.5. The number of carboxylic acids is 5. The molecule has 9 N–H and O–H groups in total. The van der Waals surface area contributed by atoms with E-state index in [2.05, 4.69) is 24.9 Å². The summed E-state index contributed by atoms with van der Waals surface area (Å²) in [7, 11) is 0. The van der Waals surface area contributed by atoms with Gasteiger partial charge in [0.05, 0.1) is 36.6 Å². The number of carboxylic acid groups (broad SMARTS) is 5. The van der Waals surface area contributed by atoms with Gasteiger partial charge in [0.2, 0.25) is 0 Å². The third-order valence-electron chi connectivity index (χ3n) is 5.62. The van der Waals surface area contributed by atoms with Crippen molar-refractivity contribution < 1.29 is 49.5 Å². The van der Waals surface area contributed by atoms with E-state index in [1.165, 1.54) is 45.3 Å². The maximum atomic E-state index is 10.5. The van der Waals surface area contributed by atoms with Crippen molar-refractivity contribution in [2.45, 2.75) is 58.3 Å². The van der Waals surface area contributed by atoms with Crippen molar-refractivity contribution in [1.82, 2.24) is 24.9 Å². The molecular formula is C29H33N5O10S9. The molecule has 5 heterocycles. The number of nitrogens with zero attached hydrogens (tertiary/aromatic N) is 1. The molecule has 5 rings (SSSR count). The van der Waals surface area contributed by atoms with Crippen LogP contribution in [0.4, 0.5) is 0 Å². The number of hydrogen-bond donors (Lipinski definition) is 9. The van der Waals surface area contributed by atoms with Crippen LogP contribution in [0.5, 0.6) is 0 Å². The Labute approximate surface area is 341 Å². The zero-order valence-corrected chi connectivity index (χ0v) is 35.0. The SMILES string of the molecule is CC(C(=O)O)c1csc(=S)[nH]1.Cc1ncc(CCC(=O)O)s1.O=C(O)CCc1csc(=S)[nH]1.O=C(O)Cc1c[nH]c(=S)s1.O=C(O)Cc1csc(=S)[nH]1. The predicted octanol–water partition coefficient (Wildman–Crippen LogP) is 8.15. The summed E-state index contributed by atoms with van der Waals surface area (Å²) in [4.78, 5) is 68.1. The van der Waals surface area contributed by atoms with Crippen LogP contribution in [-0.2, 0) is 49.7 Å². The number of carbonyl (C=O) groups is 5. The molecule has 0 saturated carbocycles. The van der Waals surface area contributed by atoms with Gasteiger partial charge in [-0.15, -0.1) is 56.7 Å². The first kappa shape index (κ1) is 47.4. The van der Waals surface area contributed by atoms with E-state index in [4.69, 9.17) is 74.4 Å². The van der Waals surface area contributed by atoms with Gasteiger partial charge in [-0.3, -0.25) is 24.0 Å². The molecule has 0 aliphatic heterocycles. The van der Waals surface area contributed by atoms with E-state index < -0.39 is 35.8 Å². The van der Waals surface area contributed by atoms with E-state index >= 15 is 0 Å². The summed E-state index contributed by atoms with van der Waals surface area (Å²) < 4.78 is 2.56. The standard InChI is InChI=1S/C7H9NO2S.2C6H7NO2S2.2C5H5NO2S2/c1-5-8-4-6(11-5)2-3-7(9)10;1-3(5(8)9)4-2-11-6(10)7-4;8-5(9)2-1-4-3-11-6(10)7-4;7-4(8)1-3-2-10-5(9)6-3;7-4(8)1-3-2-6-5(9)10-3/h4H,2-3H2,1H3,(H,9,10);2-3H,1H3,(H,7,10)(H,8,9);3H,1-2H2,(H,7,10)(H,8,9);2*2H,1H2,(H,6,9)(H,7,8). The molecule has 53 heavy (non-hydrogen) atoms. The van der Waals surface area contributed by atoms with Gasteiger partial charge in [-0.1, -0.05) is 0 Å². The van der Waals surface area contributed by atoms with Gasteiger partial charge in [-0.25, -0.2) is 4.98 Å². The molecule has 288 valence electrons. The fourth-order valence-electron chi connectivity index (χ4n) is 3.18. The summed E-state index contributed by atoms with van der Waals surface area (Å²) in [5.41, 5.74) is 2.25. The third kappa shape index (κ3) is 22.9. The van der Waals surface area contributed by atoms with Crippen LogP contribution in [-0.4, -0.2) is 80.3 Å². The first-order valence-corrected chi connectivity index (χ1v) is 20.4. The Morgan fingerprint density at radius 2 is 1.21 bits per heavy atom. The average molecular weight is 900 g/mol. The summed E-state index contributed by atoms with van der Waals surface area (Å²) in [5.74, 6) is -4.54. The Kier molecular flexibility index (Phi) is 22.7. The average Bonchev–Trinajstić information content (AvgIpc) is 3.91. The van der Waals surface area contributed by atoms with Crippen LogP contribution >= 0.6 is 106 Å². The lowest BCUT2D eigenvalue weighted by molar-refractivity contribution is -0.139. The van der Waals surface area contributed by atoms with Crippen LogP contribution in [0, 0.1) is 22.7 Å². The highest BCUT2D eigenvalue weighted by Crippen LogP contribution is 2.16. The van der Waals surface area contributed by atoms with Crippen LogP contribution < -0.4 is 0 Å². The summed E-state index contributed by atoms with van der Waals surface area (Å²) in [6.45, 7) is 3.53. The van der Waals surface area contributed by atoms with Crippen LogP contribution in [0.15, 0.2) is 28.5 Å². The van der Waals surface area contributed by atoms with Gasteiger partial charge in [0, 0.05) is 55.4 Å². The van der Waals surface area contributed by atoms with Gasteiger partial charge in [-0.2, -0.15) is 0 Å². The van der Waals surface area contributed by atoms with Gasteiger partial charge in [0.15, 0.2) is 15.8 Å². The molecule has 0 spiro atoms. The summed E-state index contributed by atoms with van der Waals surface area (Å²) in [5, 5.41) is 48.3. The molecule has 5 aromatic heterocycles. The van der Waals surface area contributed by atoms with E-state index in [-0.39, 0.29) is 25.7 Å². The van der Waals surface area contributed by atoms with Gasteiger partial charge >= 0.3 is 29.8 Å². The zero-order chi connectivity index (χ0) is 40.1. The number of aromatic nitrogens is 5. The molecule has 0 radical (unpaired) electrons. The lowest BCUT2D eigenvalue weighted by Gasteiger charge is -2.00. The van der Waals surface area contributed by atoms with E-state index in [1.54, 1.807) is 41.4 Å². The molecule has 5 aromatic rings. The van der Waals surface area contributed by atoms with Crippen molar-refractivity contribution in [3.8, 4) is 0 Å². The van der Waals surface area contributed by atoms with Gasteiger partial charge in [0.25, 0.3) is 0 Å². The Morgan fingerprint density at radius 3 is 1.60 bits per heavy atom. The van der Waals surface area contributed by atoms with Gasteiger partial charge in [0.1, 0.15) is 0 Å².